The number of piperidine rings is 2. The van der Waals surface area contributed by atoms with Crippen molar-refractivity contribution in [2.45, 2.75) is 38.5 Å². The number of hydrogen-bond acceptors (Lipinski definition) is 4. The minimum Gasteiger partial charge on any atom is -0.493 e. The van der Waals surface area contributed by atoms with Gasteiger partial charge in [0.05, 0.1) is 12.2 Å². The van der Waals surface area contributed by atoms with Gasteiger partial charge in [0.15, 0.2) is 0 Å². The first-order valence-electron chi connectivity index (χ1n) is 11.5. The molecule has 2 aliphatic heterocycles. The van der Waals surface area contributed by atoms with Crippen LogP contribution in [-0.2, 0) is 4.79 Å². The number of benzene rings is 1. The molecule has 2 aliphatic rings. The molecule has 0 N–H and O–H groups in total. The lowest BCUT2D eigenvalue weighted by molar-refractivity contribution is -0.136. The molecule has 8 heteroatoms. The normalized spacial score (nSPS) is 21.0. The molecule has 33 heavy (non-hydrogen) atoms. The second-order valence-corrected chi connectivity index (χ2v) is 9.39. The monoisotopic (exact) mass is 473 g/mol. The maximum Gasteiger partial charge on any atom is 0.257 e. The van der Waals surface area contributed by atoms with Crippen molar-refractivity contribution in [1.82, 2.24) is 14.8 Å². The third-order valence-corrected chi connectivity index (χ3v) is 6.83. The molecule has 0 saturated carbocycles. The highest BCUT2D eigenvalue weighted by Gasteiger charge is 2.41. The number of pyridine rings is 1. The first kappa shape index (κ1) is 23.5. The molecular formula is C25H29ClFN3O3. The molecule has 1 aromatic carbocycles. The quantitative estimate of drug-likeness (QED) is 0.576. The average Bonchev–Trinajstić information content (AvgIpc) is 2.84. The predicted octanol–water partition coefficient (Wildman–Crippen LogP) is 4.58. The number of carbonyl (C=O) groups excluding carboxylic acids is 2. The van der Waals surface area contributed by atoms with Crippen molar-refractivity contribution >= 4 is 23.4 Å². The third-order valence-electron chi connectivity index (χ3n) is 6.53. The lowest BCUT2D eigenvalue weighted by Crippen LogP contribution is -2.51. The van der Waals surface area contributed by atoms with Crippen LogP contribution in [0.4, 0.5) is 4.39 Å². The van der Waals surface area contributed by atoms with Crippen molar-refractivity contribution in [2.75, 3.05) is 32.8 Å². The van der Waals surface area contributed by atoms with E-state index in [1.807, 2.05) is 4.90 Å². The van der Waals surface area contributed by atoms with E-state index in [4.69, 9.17) is 16.3 Å². The van der Waals surface area contributed by atoms with Crippen LogP contribution in [0.25, 0.3) is 0 Å². The zero-order valence-electron chi connectivity index (χ0n) is 18.6. The number of aromatic nitrogens is 1. The summed E-state index contributed by atoms with van der Waals surface area (Å²) in [7, 11) is 0. The molecule has 0 aliphatic carbocycles. The average molecular weight is 474 g/mol. The first-order chi connectivity index (χ1) is 16.0. The molecule has 6 nitrogen and oxygen atoms in total. The Morgan fingerprint density at radius 2 is 1.76 bits per heavy atom. The molecule has 176 valence electrons. The van der Waals surface area contributed by atoms with Gasteiger partial charge in [-0.3, -0.25) is 9.59 Å². The fourth-order valence-corrected chi connectivity index (χ4v) is 4.95. The van der Waals surface area contributed by atoms with E-state index in [1.54, 1.807) is 35.4 Å². The van der Waals surface area contributed by atoms with Gasteiger partial charge in [-0.1, -0.05) is 11.6 Å². The molecule has 3 heterocycles. The highest BCUT2D eigenvalue weighted by Crippen LogP contribution is 2.36. The summed E-state index contributed by atoms with van der Waals surface area (Å²) in [6.45, 7) is 2.80. The standard InChI is InChI=1S/C25H29ClFN3O3/c26-23-21(6-4-12-28-23)24(32)30-15-5-11-25(17-30,16-22(31)29-13-2-1-3-14-29)18-33-20-9-7-19(27)8-10-20/h4,6-10,12H,1-3,5,11,13-18H2. The fourth-order valence-electron chi connectivity index (χ4n) is 4.75. The van der Waals surface area contributed by atoms with Crippen LogP contribution in [-0.4, -0.2) is 59.4 Å². The van der Waals surface area contributed by atoms with Gasteiger partial charge in [-0.05, 0) is 68.5 Å². The van der Waals surface area contributed by atoms with Gasteiger partial charge in [0.25, 0.3) is 5.91 Å². The summed E-state index contributed by atoms with van der Waals surface area (Å²) in [6, 6.07) is 9.22. The van der Waals surface area contributed by atoms with Gasteiger partial charge in [0.1, 0.15) is 16.7 Å². The van der Waals surface area contributed by atoms with Crippen LogP contribution >= 0.6 is 11.6 Å². The Balaban J connectivity index is 1.54. The van der Waals surface area contributed by atoms with E-state index < -0.39 is 5.41 Å². The molecule has 0 spiro atoms. The molecule has 1 unspecified atom stereocenters. The second kappa shape index (κ2) is 10.5. The summed E-state index contributed by atoms with van der Waals surface area (Å²) in [5, 5.41) is 0.172. The van der Waals surface area contributed by atoms with E-state index in [1.165, 1.54) is 12.1 Å². The summed E-state index contributed by atoms with van der Waals surface area (Å²) in [5.74, 6) is 0.121. The minimum atomic E-state index is -0.536. The number of carbonyl (C=O) groups is 2. The zero-order chi connectivity index (χ0) is 23.3. The molecular weight excluding hydrogens is 445 g/mol. The second-order valence-electron chi connectivity index (χ2n) is 9.03. The van der Waals surface area contributed by atoms with E-state index in [2.05, 4.69) is 4.98 Å². The smallest absolute Gasteiger partial charge is 0.257 e. The fraction of sp³-hybridized carbons (Fsp3) is 0.480. The third kappa shape index (κ3) is 5.82. The molecule has 1 aromatic heterocycles. The highest BCUT2D eigenvalue weighted by molar-refractivity contribution is 6.32. The van der Waals surface area contributed by atoms with E-state index in [-0.39, 0.29) is 29.4 Å². The zero-order valence-corrected chi connectivity index (χ0v) is 19.4. The Labute approximate surface area is 198 Å². The van der Waals surface area contributed by atoms with Crippen molar-refractivity contribution in [2.24, 2.45) is 5.41 Å². The van der Waals surface area contributed by atoms with Crippen molar-refractivity contribution in [3.63, 3.8) is 0 Å². The Hall–Kier alpha value is -2.67. The van der Waals surface area contributed by atoms with Crippen molar-refractivity contribution in [1.29, 1.82) is 0 Å². The molecule has 1 atom stereocenters. The maximum absolute atomic E-state index is 13.3. The van der Waals surface area contributed by atoms with Crippen LogP contribution in [0.15, 0.2) is 42.6 Å². The number of ether oxygens (including phenoxy) is 1. The summed E-state index contributed by atoms with van der Waals surface area (Å²) >= 11 is 6.17. The SMILES string of the molecule is O=C(CC1(COc2ccc(F)cc2)CCCN(C(=O)c2cccnc2Cl)C1)N1CCCCC1. The number of amides is 2. The molecule has 0 radical (unpaired) electrons. The van der Waals surface area contributed by atoms with Crippen molar-refractivity contribution in [3.8, 4) is 5.75 Å². The largest absolute Gasteiger partial charge is 0.493 e. The lowest BCUT2D eigenvalue weighted by atomic mass is 9.77. The van der Waals surface area contributed by atoms with Crippen LogP contribution in [0.1, 0.15) is 48.9 Å². The Morgan fingerprint density at radius 1 is 1.03 bits per heavy atom. The van der Waals surface area contributed by atoms with Gasteiger partial charge in [-0.25, -0.2) is 9.37 Å². The Kier molecular flexibility index (Phi) is 7.48. The predicted molar refractivity (Wildman–Crippen MR) is 124 cm³/mol. The van der Waals surface area contributed by atoms with Gasteiger partial charge >= 0.3 is 0 Å². The van der Waals surface area contributed by atoms with Crippen LogP contribution in [0.3, 0.4) is 0 Å². The number of nitrogens with zero attached hydrogens (tertiary/aromatic N) is 3. The first-order valence-corrected chi connectivity index (χ1v) is 11.9. The van der Waals surface area contributed by atoms with Gasteiger partial charge in [0, 0.05) is 44.2 Å². The van der Waals surface area contributed by atoms with Crippen LogP contribution < -0.4 is 4.74 Å². The van der Waals surface area contributed by atoms with E-state index in [0.717, 1.165) is 45.2 Å². The van der Waals surface area contributed by atoms with E-state index >= 15 is 0 Å². The molecule has 2 saturated heterocycles. The number of rotatable bonds is 6. The maximum atomic E-state index is 13.3. The Bertz CT molecular complexity index is 981. The topological polar surface area (TPSA) is 62.7 Å². The van der Waals surface area contributed by atoms with Crippen LogP contribution in [0.5, 0.6) is 5.75 Å². The lowest BCUT2D eigenvalue weighted by Gasteiger charge is -2.43. The minimum absolute atomic E-state index is 0.103. The summed E-state index contributed by atoms with van der Waals surface area (Å²) in [6.07, 6.45) is 6.56. The van der Waals surface area contributed by atoms with E-state index in [9.17, 15) is 14.0 Å². The van der Waals surface area contributed by atoms with Crippen molar-refractivity contribution < 1.29 is 18.7 Å². The molecule has 4 rings (SSSR count). The summed E-state index contributed by atoms with van der Waals surface area (Å²) in [4.78, 5) is 34.2. The number of likely N-dealkylation sites (tertiary alicyclic amines) is 2. The van der Waals surface area contributed by atoms with Crippen LogP contribution in [0.2, 0.25) is 5.15 Å². The van der Waals surface area contributed by atoms with Gasteiger partial charge in [-0.2, -0.15) is 0 Å². The van der Waals surface area contributed by atoms with Gasteiger partial charge in [0.2, 0.25) is 5.91 Å². The van der Waals surface area contributed by atoms with Gasteiger partial charge < -0.3 is 14.5 Å². The summed E-state index contributed by atoms with van der Waals surface area (Å²) < 4.78 is 19.3. The number of hydrogen-bond donors (Lipinski definition) is 0. The highest BCUT2D eigenvalue weighted by atomic mass is 35.5. The number of halogens is 2. The molecule has 2 aromatic rings. The Morgan fingerprint density at radius 3 is 2.48 bits per heavy atom. The molecule has 2 fully saturated rings. The van der Waals surface area contributed by atoms with Gasteiger partial charge in [-0.15, -0.1) is 0 Å². The van der Waals surface area contributed by atoms with Crippen LogP contribution in [0, 0.1) is 11.2 Å². The van der Waals surface area contributed by atoms with Crippen molar-refractivity contribution in [3.05, 3.63) is 59.1 Å². The summed E-state index contributed by atoms with van der Waals surface area (Å²) in [5.41, 5.74) is -0.178. The molecule has 2 amide bonds. The van der Waals surface area contributed by atoms with E-state index in [0.29, 0.717) is 30.8 Å². The molecule has 0 bridgehead atoms.